The third kappa shape index (κ3) is 5.18. The van der Waals surface area contributed by atoms with Gasteiger partial charge in [0.15, 0.2) is 40.5 Å². The average molecular weight is 685 g/mol. The molecule has 2 aromatic heterocycles. The Morgan fingerprint density at radius 2 is 1.04 bits per heavy atom. The molecule has 1 aliphatic carbocycles. The molecule has 0 bridgehead atoms. The summed E-state index contributed by atoms with van der Waals surface area (Å²) in [4.78, 5) is 19.4. The first-order chi connectivity index (χ1) is 26.0. The second-order valence-electron chi connectivity index (χ2n) is 13.9. The van der Waals surface area contributed by atoms with Crippen LogP contribution in [0.3, 0.4) is 0 Å². The predicted molar refractivity (Wildman–Crippen MR) is 209 cm³/mol. The van der Waals surface area contributed by atoms with Crippen molar-refractivity contribution in [2.24, 2.45) is 0 Å². The highest BCUT2D eigenvalue weighted by atomic mass is 16.6. The molecule has 6 nitrogen and oxygen atoms in total. The van der Waals surface area contributed by atoms with E-state index in [1.807, 2.05) is 84.9 Å². The minimum absolute atomic E-state index is 0.126. The molecule has 8 aromatic rings. The molecule has 0 N–H and O–H groups in total. The molecule has 0 radical (unpaired) electrons. The molecule has 2 aliphatic rings. The molecule has 0 unspecified atom stereocenters. The average Bonchev–Trinajstić information content (AvgIpc) is 3.46. The van der Waals surface area contributed by atoms with Crippen molar-refractivity contribution >= 4 is 0 Å². The van der Waals surface area contributed by atoms with Gasteiger partial charge in [0, 0.05) is 45.0 Å². The molecule has 0 saturated carbocycles. The fourth-order valence-electron chi connectivity index (χ4n) is 7.57. The molecular formula is C47H32N4O2. The summed E-state index contributed by atoms with van der Waals surface area (Å²) in [5.41, 5.74) is 11.2. The van der Waals surface area contributed by atoms with Crippen LogP contribution < -0.4 is 9.47 Å². The fourth-order valence-corrected chi connectivity index (χ4v) is 7.57. The number of hydrogen-bond donors (Lipinski definition) is 0. The summed E-state index contributed by atoms with van der Waals surface area (Å²) < 4.78 is 13.4. The van der Waals surface area contributed by atoms with Crippen molar-refractivity contribution in [2.45, 2.75) is 19.3 Å². The lowest BCUT2D eigenvalue weighted by atomic mass is 9.82. The zero-order valence-corrected chi connectivity index (χ0v) is 29.1. The smallest absolute Gasteiger partial charge is 0.178 e. The number of pyridine rings is 1. The largest absolute Gasteiger partial charge is 0.449 e. The minimum atomic E-state index is -0.126. The zero-order chi connectivity index (χ0) is 35.5. The van der Waals surface area contributed by atoms with E-state index in [0.29, 0.717) is 34.7 Å². The van der Waals surface area contributed by atoms with E-state index in [1.54, 1.807) is 6.20 Å². The van der Waals surface area contributed by atoms with Crippen LogP contribution in [0.2, 0.25) is 0 Å². The fraction of sp³-hybridized carbons (Fsp3) is 0.0638. The maximum atomic E-state index is 6.72. The maximum absolute atomic E-state index is 6.72. The quantitative estimate of drug-likeness (QED) is 0.180. The molecule has 0 spiro atoms. The molecule has 0 fully saturated rings. The number of fused-ring (bicyclic) bond motifs is 6. The van der Waals surface area contributed by atoms with Gasteiger partial charge in [-0.15, -0.1) is 0 Å². The SMILES string of the molecule is CC1(C)c2ccccc2-c2c1ccc1c2Oc2cccc(-c3ccc(-c4nc(-c5ccccc5)nc(-c5cccc(-c6ccccn6)c5)n4)cc3)c2O1. The second kappa shape index (κ2) is 12.1. The van der Waals surface area contributed by atoms with Gasteiger partial charge in [-0.1, -0.05) is 135 Å². The van der Waals surface area contributed by atoms with Gasteiger partial charge in [-0.2, -0.15) is 0 Å². The summed E-state index contributed by atoms with van der Waals surface area (Å²) in [5, 5.41) is 0. The summed E-state index contributed by atoms with van der Waals surface area (Å²) in [6.07, 6.45) is 1.80. The van der Waals surface area contributed by atoms with E-state index in [-0.39, 0.29) is 5.41 Å². The van der Waals surface area contributed by atoms with Gasteiger partial charge in [0.05, 0.1) is 5.69 Å². The molecule has 0 amide bonds. The molecule has 10 rings (SSSR count). The highest BCUT2D eigenvalue weighted by Crippen LogP contribution is 2.59. The van der Waals surface area contributed by atoms with E-state index in [4.69, 9.17) is 24.4 Å². The summed E-state index contributed by atoms with van der Waals surface area (Å²) in [6.45, 7) is 4.54. The van der Waals surface area contributed by atoms with E-state index >= 15 is 0 Å². The Balaban J connectivity index is 1.01. The van der Waals surface area contributed by atoms with Gasteiger partial charge in [0.1, 0.15) is 0 Å². The van der Waals surface area contributed by atoms with Crippen molar-refractivity contribution in [1.29, 1.82) is 0 Å². The molecule has 252 valence electrons. The highest BCUT2D eigenvalue weighted by Gasteiger charge is 2.39. The number of ether oxygens (including phenoxy) is 2. The van der Waals surface area contributed by atoms with E-state index in [1.165, 1.54) is 16.7 Å². The lowest BCUT2D eigenvalue weighted by Crippen LogP contribution is -2.15. The van der Waals surface area contributed by atoms with E-state index in [9.17, 15) is 0 Å². The molecule has 3 heterocycles. The van der Waals surface area contributed by atoms with Crippen LogP contribution in [-0.4, -0.2) is 19.9 Å². The van der Waals surface area contributed by atoms with Gasteiger partial charge in [-0.3, -0.25) is 4.98 Å². The monoisotopic (exact) mass is 684 g/mol. The van der Waals surface area contributed by atoms with Gasteiger partial charge in [0.2, 0.25) is 0 Å². The van der Waals surface area contributed by atoms with Crippen LogP contribution in [0.1, 0.15) is 25.0 Å². The van der Waals surface area contributed by atoms with Crippen LogP contribution in [0.5, 0.6) is 23.0 Å². The van der Waals surface area contributed by atoms with Gasteiger partial charge in [-0.25, -0.2) is 15.0 Å². The molecule has 53 heavy (non-hydrogen) atoms. The van der Waals surface area contributed by atoms with Crippen LogP contribution in [0.25, 0.3) is 67.7 Å². The number of aromatic nitrogens is 4. The lowest BCUT2D eigenvalue weighted by molar-refractivity contribution is 0.361. The zero-order valence-electron chi connectivity index (χ0n) is 29.1. The summed E-state index contributed by atoms with van der Waals surface area (Å²) >= 11 is 0. The molecule has 0 atom stereocenters. The van der Waals surface area contributed by atoms with Crippen molar-refractivity contribution in [2.75, 3.05) is 0 Å². The number of hydrogen-bond acceptors (Lipinski definition) is 6. The number of para-hydroxylation sites is 1. The van der Waals surface area contributed by atoms with Crippen LogP contribution in [0.4, 0.5) is 0 Å². The Morgan fingerprint density at radius 1 is 0.434 bits per heavy atom. The Kier molecular flexibility index (Phi) is 7.05. The van der Waals surface area contributed by atoms with Crippen molar-refractivity contribution < 1.29 is 9.47 Å². The van der Waals surface area contributed by atoms with Crippen molar-refractivity contribution in [1.82, 2.24) is 19.9 Å². The van der Waals surface area contributed by atoms with Crippen molar-refractivity contribution in [3.8, 4) is 90.7 Å². The summed E-state index contributed by atoms with van der Waals surface area (Å²) in [6, 6.07) is 51.2. The van der Waals surface area contributed by atoms with E-state index < -0.39 is 0 Å². The first-order valence-electron chi connectivity index (χ1n) is 17.7. The Bertz CT molecular complexity index is 2690. The van der Waals surface area contributed by atoms with E-state index in [0.717, 1.165) is 50.4 Å². The molecule has 6 heteroatoms. The lowest BCUT2D eigenvalue weighted by Gasteiger charge is -2.26. The van der Waals surface area contributed by atoms with Crippen LogP contribution >= 0.6 is 0 Å². The number of benzene rings is 6. The third-order valence-corrected chi connectivity index (χ3v) is 10.3. The van der Waals surface area contributed by atoms with Gasteiger partial charge < -0.3 is 9.47 Å². The Hall–Kier alpha value is -6.92. The van der Waals surface area contributed by atoms with Crippen LogP contribution in [-0.2, 0) is 5.41 Å². The third-order valence-electron chi connectivity index (χ3n) is 10.3. The summed E-state index contributed by atoms with van der Waals surface area (Å²) in [5.74, 6) is 4.66. The van der Waals surface area contributed by atoms with Crippen LogP contribution in [0, 0.1) is 0 Å². The minimum Gasteiger partial charge on any atom is -0.449 e. The molecular weight excluding hydrogens is 653 g/mol. The van der Waals surface area contributed by atoms with Gasteiger partial charge >= 0.3 is 0 Å². The van der Waals surface area contributed by atoms with Gasteiger partial charge in [0.25, 0.3) is 0 Å². The Labute approximate surface area is 307 Å². The van der Waals surface area contributed by atoms with Gasteiger partial charge in [-0.05, 0) is 52.6 Å². The number of nitrogens with zero attached hydrogens (tertiary/aromatic N) is 4. The van der Waals surface area contributed by atoms with Crippen molar-refractivity contribution in [3.63, 3.8) is 0 Å². The first kappa shape index (κ1) is 30.9. The number of rotatable bonds is 5. The Morgan fingerprint density at radius 3 is 1.83 bits per heavy atom. The maximum Gasteiger partial charge on any atom is 0.178 e. The second-order valence-corrected chi connectivity index (χ2v) is 13.9. The highest BCUT2D eigenvalue weighted by molar-refractivity contribution is 5.89. The van der Waals surface area contributed by atoms with E-state index in [2.05, 4.69) is 85.6 Å². The normalized spacial score (nSPS) is 13.2. The predicted octanol–water partition coefficient (Wildman–Crippen LogP) is 11.8. The van der Waals surface area contributed by atoms with Crippen molar-refractivity contribution in [3.05, 3.63) is 169 Å². The summed E-state index contributed by atoms with van der Waals surface area (Å²) in [7, 11) is 0. The van der Waals surface area contributed by atoms with Crippen LogP contribution in [0.15, 0.2) is 158 Å². The molecule has 0 saturated heterocycles. The first-order valence-corrected chi connectivity index (χ1v) is 17.7. The standard InChI is InChI=1S/C47H32N4O2/c1-47(2)36-18-7-6-16-35(36)41-37(47)25-26-40-43(41)53-39-20-11-17-34(42(39)52-40)29-21-23-31(24-22-29)45-49-44(30-12-4-3-5-13-30)50-46(51-45)33-15-10-14-32(28-33)38-19-8-9-27-48-38/h3-28H,1-2H3. The molecule has 1 aliphatic heterocycles. The molecule has 6 aromatic carbocycles. The topological polar surface area (TPSA) is 70.0 Å².